The van der Waals surface area contributed by atoms with Crippen LogP contribution in [0.2, 0.25) is 15.4 Å². The molecular formula is C25H26Cl2FeN3. The Labute approximate surface area is 203 Å². The Morgan fingerprint density at radius 3 is 1.87 bits per heavy atom. The number of hydrogen-bond donors (Lipinski definition) is 0. The molecule has 163 valence electrons. The van der Waals surface area contributed by atoms with Crippen molar-refractivity contribution in [2.45, 2.75) is 39.4 Å². The molecule has 3 nitrogen and oxygen atoms in total. The average molecular weight is 495 g/mol. The third-order valence-corrected chi connectivity index (χ3v) is 5.13. The molecule has 0 N–H and O–H groups in total. The first kappa shape index (κ1) is 25.3. The molecule has 0 aliphatic rings. The Morgan fingerprint density at radius 2 is 1.42 bits per heavy atom. The van der Waals surface area contributed by atoms with E-state index in [1.807, 2.05) is 64.4 Å². The summed E-state index contributed by atoms with van der Waals surface area (Å²) in [5.74, 6) is 0. The molecule has 0 spiro atoms. The van der Waals surface area contributed by atoms with E-state index in [4.69, 9.17) is 23.2 Å². The monoisotopic (exact) mass is 494 g/mol. The van der Waals surface area contributed by atoms with E-state index in [2.05, 4.69) is 43.1 Å². The normalized spacial score (nSPS) is 11.1. The molecule has 0 saturated heterocycles. The first-order valence-electron chi connectivity index (χ1n) is 9.83. The van der Waals surface area contributed by atoms with Crippen LogP contribution in [0.15, 0.2) is 58.8 Å². The maximum atomic E-state index is 6.19. The van der Waals surface area contributed by atoms with E-state index in [9.17, 15) is 0 Å². The number of nitrogens with zero attached hydrogens (tertiary/aromatic N) is 3. The second-order valence-electron chi connectivity index (χ2n) is 7.16. The van der Waals surface area contributed by atoms with Gasteiger partial charge < -0.3 is 0 Å². The van der Waals surface area contributed by atoms with E-state index in [1.165, 1.54) is 0 Å². The van der Waals surface area contributed by atoms with Crippen molar-refractivity contribution in [2.75, 3.05) is 0 Å². The van der Waals surface area contributed by atoms with Gasteiger partial charge in [0.25, 0.3) is 0 Å². The van der Waals surface area contributed by atoms with Gasteiger partial charge in [-0.05, 0) is 42.7 Å². The number of hydrogen-bond acceptors (Lipinski definition) is 3. The SMILES string of the molecule is Cc1cc(C)c(N=CCc2cccnc2)c(Cl)c1.Cc1cc(C)c(N=C[CH2][Fe])c(Cl)c1. The summed E-state index contributed by atoms with van der Waals surface area (Å²) in [6.07, 6.45) is 8.01. The number of aliphatic imine (C=N–C) groups is 2. The number of pyridine rings is 1. The second-order valence-corrected chi connectivity index (χ2v) is 8.42. The maximum absolute atomic E-state index is 6.19. The Bertz CT molecular complexity index is 1020. The predicted molar refractivity (Wildman–Crippen MR) is 131 cm³/mol. The fraction of sp³-hybridized carbons (Fsp3) is 0.240. The van der Waals surface area contributed by atoms with Crippen LogP contribution in [-0.4, -0.2) is 17.4 Å². The molecule has 0 amide bonds. The van der Waals surface area contributed by atoms with Crippen LogP contribution in [0.1, 0.15) is 27.8 Å². The number of aryl methyl sites for hydroxylation is 4. The van der Waals surface area contributed by atoms with Gasteiger partial charge in [0.15, 0.2) is 0 Å². The molecule has 3 aromatic rings. The van der Waals surface area contributed by atoms with E-state index in [1.54, 1.807) is 12.4 Å². The van der Waals surface area contributed by atoms with Crippen LogP contribution >= 0.6 is 23.2 Å². The summed E-state index contributed by atoms with van der Waals surface area (Å²) >= 11 is 15.9. The van der Waals surface area contributed by atoms with Gasteiger partial charge in [0.05, 0.1) is 10.7 Å². The number of benzene rings is 2. The molecule has 0 unspecified atom stereocenters. The van der Waals surface area contributed by atoms with Crippen LogP contribution < -0.4 is 0 Å². The second kappa shape index (κ2) is 12.8. The molecule has 1 heterocycles. The fourth-order valence-corrected chi connectivity index (χ4v) is 3.87. The molecule has 0 atom stereocenters. The number of halogens is 2. The molecule has 31 heavy (non-hydrogen) atoms. The Kier molecular flexibility index (Phi) is 10.4. The Hall–Kier alpha value is -1.97. The Morgan fingerprint density at radius 1 is 0.871 bits per heavy atom. The molecule has 0 radical (unpaired) electrons. The van der Waals surface area contributed by atoms with Crippen LogP contribution in [-0.2, 0) is 22.4 Å². The van der Waals surface area contributed by atoms with E-state index in [-0.39, 0.29) is 0 Å². The molecule has 1 aromatic heterocycles. The third kappa shape index (κ3) is 8.23. The van der Waals surface area contributed by atoms with Gasteiger partial charge in [-0.2, -0.15) is 0 Å². The van der Waals surface area contributed by atoms with E-state index >= 15 is 0 Å². The van der Waals surface area contributed by atoms with Gasteiger partial charge in [-0.3, -0.25) is 9.98 Å². The standard InChI is InChI=1S/C15H15ClN2.C10H11ClN.Fe/c1-11-8-12(2)15(14(16)9-11)18-7-5-13-4-3-6-17-10-13;1-4-12-10-8(3)5-7(2)6-9(10)11;/h3-4,6-10H,5H2,1-2H3;4-6H,1H2,2-3H3;. The zero-order chi connectivity index (χ0) is 22.8. The van der Waals surface area contributed by atoms with Crippen molar-refractivity contribution in [3.05, 3.63) is 86.7 Å². The van der Waals surface area contributed by atoms with Crippen molar-refractivity contribution in [1.29, 1.82) is 0 Å². The van der Waals surface area contributed by atoms with Gasteiger partial charge in [0, 0.05) is 25.0 Å². The molecule has 0 fully saturated rings. The topological polar surface area (TPSA) is 37.6 Å². The third-order valence-electron chi connectivity index (χ3n) is 4.35. The predicted octanol–water partition coefficient (Wildman–Crippen LogP) is 7.92. The van der Waals surface area contributed by atoms with Crippen molar-refractivity contribution in [2.24, 2.45) is 9.98 Å². The minimum absolute atomic E-state index is 0.684. The van der Waals surface area contributed by atoms with Crippen molar-refractivity contribution < 1.29 is 16.0 Å². The summed E-state index contributed by atoms with van der Waals surface area (Å²) in [4.78, 5) is 12.8. The zero-order valence-electron chi connectivity index (χ0n) is 18.1. The summed E-state index contributed by atoms with van der Waals surface area (Å²) in [7, 11) is 0. The van der Waals surface area contributed by atoms with E-state index in [0.29, 0.717) is 15.4 Å². The van der Waals surface area contributed by atoms with Gasteiger partial charge in [0.2, 0.25) is 0 Å². The number of aromatic nitrogens is 1. The van der Waals surface area contributed by atoms with Gasteiger partial charge in [-0.1, -0.05) is 23.7 Å². The zero-order valence-corrected chi connectivity index (χ0v) is 20.8. The Balaban J connectivity index is 0.000000233. The first-order valence-corrected chi connectivity index (χ1v) is 11.4. The van der Waals surface area contributed by atoms with Crippen molar-refractivity contribution in [3.63, 3.8) is 0 Å². The molecule has 0 aliphatic heterocycles. The molecule has 6 heteroatoms. The van der Waals surface area contributed by atoms with E-state index < -0.39 is 0 Å². The van der Waals surface area contributed by atoms with Crippen molar-refractivity contribution in [3.8, 4) is 0 Å². The van der Waals surface area contributed by atoms with E-state index in [0.717, 1.165) is 45.6 Å². The van der Waals surface area contributed by atoms with Gasteiger partial charge >= 0.3 is 92.0 Å². The number of rotatable bonds is 5. The summed E-state index contributed by atoms with van der Waals surface area (Å²) in [6, 6.07) is 12.0. The van der Waals surface area contributed by atoms with Gasteiger partial charge in [-0.15, -0.1) is 0 Å². The summed E-state index contributed by atoms with van der Waals surface area (Å²) in [5.41, 5.74) is 7.38. The van der Waals surface area contributed by atoms with Crippen molar-refractivity contribution in [1.82, 2.24) is 4.98 Å². The molecule has 2 aromatic carbocycles. The van der Waals surface area contributed by atoms with Gasteiger partial charge in [-0.25, -0.2) is 0 Å². The van der Waals surface area contributed by atoms with Crippen LogP contribution in [0.3, 0.4) is 0 Å². The molecule has 0 bridgehead atoms. The van der Waals surface area contributed by atoms with Crippen LogP contribution in [0.25, 0.3) is 0 Å². The van der Waals surface area contributed by atoms with Crippen LogP contribution in [0, 0.1) is 27.7 Å². The molecule has 0 saturated carbocycles. The average Bonchev–Trinajstić information content (AvgIpc) is 2.70. The fourth-order valence-electron chi connectivity index (χ4n) is 3.03. The summed E-state index contributed by atoms with van der Waals surface area (Å²) < 4.78 is 0. The van der Waals surface area contributed by atoms with Crippen molar-refractivity contribution >= 4 is 47.0 Å². The van der Waals surface area contributed by atoms with Crippen LogP contribution in [0.4, 0.5) is 11.4 Å². The van der Waals surface area contributed by atoms with Crippen LogP contribution in [0.5, 0.6) is 0 Å². The molecule has 0 aliphatic carbocycles. The quantitative estimate of drug-likeness (QED) is 0.262. The molecular weight excluding hydrogens is 469 g/mol. The molecule has 3 rings (SSSR count). The minimum atomic E-state index is 0.684. The summed E-state index contributed by atoms with van der Waals surface area (Å²) in [6.45, 7) is 8.08. The summed E-state index contributed by atoms with van der Waals surface area (Å²) in [5, 5.41) is 2.10. The first-order chi connectivity index (χ1) is 14.8. The van der Waals surface area contributed by atoms with Gasteiger partial charge in [0.1, 0.15) is 0 Å².